The largest absolute Gasteiger partial charge is 0.481 e. The molecule has 2 unspecified atom stereocenters. The fourth-order valence-electron chi connectivity index (χ4n) is 12.6. The lowest BCUT2D eigenvalue weighted by Gasteiger charge is -2.64. The van der Waals surface area contributed by atoms with Crippen LogP contribution in [0.5, 0.6) is 0 Å². The molecule has 5 aliphatic rings. The van der Waals surface area contributed by atoms with Gasteiger partial charge in [0.2, 0.25) is 0 Å². The maximum absolute atomic E-state index is 14.2. The molecule has 2 N–H and O–H groups in total. The van der Waals surface area contributed by atoms with Gasteiger partial charge in [0.15, 0.2) is 5.78 Å². The minimum absolute atomic E-state index is 0.0565. The predicted molar refractivity (Wildman–Crippen MR) is 217 cm³/mol. The van der Waals surface area contributed by atoms with Gasteiger partial charge in [-0.25, -0.2) is 0 Å². The molecule has 0 saturated heterocycles. The van der Waals surface area contributed by atoms with Gasteiger partial charge in [0, 0.05) is 48.5 Å². The normalized spacial score (nSPS) is 33.6. The van der Waals surface area contributed by atoms with Crippen LogP contribution in [-0.4, -0.2) is 83.7 Å². The Morgan fingerprint density at radius 1 is 0.945 bits per heavy atom. The van der Waals surface area contributed by atoms with Crippen molar-refractivity contribution in [2.45, 2.75) is 131 Å². The SMILES string of the molecule is CC(C)C1=C2[C@H]3CC[C@@H]4C5CC[C@H](OC(=O)CC(C)(C)C(=O)O)C(C)(C)[C@@H]5CCC4[C@]3(C)CC[C@@]2([C@H](O)CN(CCN(C)C)Cc2ccc(Cl)cc2)CC1=O. The number of allylic oxidation sites excluding steroid dienone is 1. The molecule has 9 heteroatoms. The number of esters is 1. The zero-order valence-corrected chi connectivity index (χ0v) is 35.9. The fourth-order valence-corrected chi connectivity index (χ4v) is 12.8. The molecule has 0 spiro atoms. The second kappa shape index (κ2) is 15.8. The molecule has 1 aromatic rings. The van der Waals surface area contributed by atoms with Crippen molar-refractivity contribution in [3.05, 3.63) is 46.0 Å². The summed E-state index contributed by atoms with van der Waals surface area (Å²) >= 11 is 6.22. The van der Waals surface area contributed by atoms with E-state index in [-0.39, 0.29) is 41.0 Å². The highest BCUT2D eigenvalue weighted by Crippen LogP contribution is 2.70. The molecule has 0 aliphatic heterocycles. The molecule has 1 aromatic carbocycles. The van der Waals surface area contributed by atoms with Crippen LogP contribution in [0.15, 0.2) is 35.4 Å². The number of carboxylic acid groups (broad SMARTS) is 1. The number of carbonyl (C=O) groups is 3. The molecule has 306 valence electrons. The number of likely N-dealkylation sites (N-methyl/N-ethyl adjacent to an activating group) is 1. The van der Waals surface area contributed by atoms with E-state index >= 15 is 0 Å². The van der Waals surface area contributed by atoms with Crippen LogP contribution in [-0.2, 0) is 25.7 Å². The maximum atomic E-state index is 14.2. The number of carboxylic acids is 1. The number of carbonyl (C=O) groups excluding carboxylic acids is 2. The van der Waals surface area contributed by atoms with Crippen LogP contribution in [0.3, 0.4) is 0 Å². The first-order chi connectivity index (χ1) is 25.7. The highest BCUT2D eigenvalue weighted by atomic mass is 35.5. The van der Waals surface area contributed by atoms with Gasteiger partial charge in [-0.05, 0) is 144 Å². The van der Waals surface area contributed by atoms with Crippen molar-refractivity contribution in [3.63, 3.8) is 0 Å². The summed E-state index contributed by atoms with van der Waals surface area (Å²) in [6.45, 7) is 17.5. The Hall–Kier alpha value is -2.26. The molecule has 6 rings (SSSR count). The third-order valence-electron chi connectivity index (χ3n) is 15.7. The summed E-state index contributed by atoms with van der Waals surface area (Å²) in [7, 11) is 4.17. The van der Waals surface area contributed by atoms with Crippen LogP contribution in [0, 0.1) is 57.2 Å². The molecule has 0 aromatic heterocycles. The first-order valence-electron chi connectivity index (χ1n) is 21.2. The van der Waals surface area contributed by atoms with Crippen LogP contribution in [0.25, 0.3) is 0 Å². The van der Waals surface area contributed by atoms with Gasteiger partial charge in [-0.2, -0.15) is 0 Å². The zero-order chi connectivity index (χ0) is 40.2. The van der Waals surface area contributed by atoms with E-state index in [4.69, 9.17) is 16.3 Å². The average molecular weight is 782 g/mol. The van der Waals surface area contributed by atoms with E-state index in [2.05, 4.69) is 70.6 Å². The minimum Gasteiger partial charge on any atom is -0.481 e. The lowest BCUT2D eigenvalue weighted by Crippen LogP contribution is -2.59. The summed E-state index contributed by atoms with van der Waals surface area (Å²) in [5.41, 5.74) is 1.66. The van der Waals surface area contributed by atoms with Gasteiger partial charge in [-0.15, -0.1) is 0 Å². The van der Waals surface area contributed by atoms with Gasteiger partial charge < -0.3 is 19.8 Å². The highest BCUT2D eigenvalue weighted by molar-refractivity contribution is 6.30. The van der Waals surface area contributed by atoms with Gasteiger partial charge in [0.1, 0.15) is 6.10 Å². The van der Waals surface area contributed by atoms with E-state index < -0.39 is 28.9 Å². The number of hydrogen-bond donors (Lipinski definition) is 2. The van der Waals surface area contributed by atoms with Gasteiger partial charge >= 0.3 is 11.9 Å². The van der Waals surface area contributed by atoms with Crippen molar-refractivity contribution in [2.75, 3.05) is 33.7 Å². The molecule has 55 heavy (non-hydrogen) atoms. The van der Waals surface area contributed by atoms with Crippen molar-refractivity contribution < 1.29 is 29.3 Å². The third kappa shape index (κ3) is 7.97. The number of benzene rings is 1. The molecular weight excluding hydrogens is 712 g/mol. The molecule has 0 radical (unpaired) electrons. The fraction of sp³-hybridized carbons (Fsp3) is 0.761. The van der Waals surface area contributed by atoms with Crippen molar-refractivity contribution in [1.29, 1.82) is 0 Å². The smallest absolute Gasteiger partial charge is 0.309 e. The third-order valence-corrected chi connectivity index (χ3v) is 15.9. The molecule has 4 fully saturated rings. The van der Waals surface area contributed by atoms with E-state index in [1.165, 1.54) is 5.57 Å². The Kier molecular flexibility index (Phi) is 12.2. The second-order valence-electron chi connectivity index (χ2n) is 20.4. The number of halogens is 1. The van der Waals surface area contributed by atoms with Crippen LogP contribution in [0.1, 0.15) is 118 Å². The predicted octanol–water partition coefficient (Wildman–Crippen LogP) is 8.68. The molecule has 4 saturated carbocycles. The van der Waals surface area contributed by atoms with E-state index in [1.807, 2.05) is 12.1 Å². The van der Waals surface area contributed by atoms with Crippen molar-refractivity contribution in [1.82, 2.24) is 9.80 Å². The Morgan fingerprint density at radius 3 is 2.22 bits per heavy atom. The van der Waals surface area contributed by atoms with Crippen molar-refractivity contribution in [3.8, 4) is 0 Å². The first kappa shape index (κ1) is 42.3. The quantitative estimate of drug-likeness (QED) is 0.192. The minimum atomic E-state index is -1.16. The van der Waals surface area contributed by atoms with Gasteiger partial charge in [-0.3, -0.25) is 19.3 Å². The number of nitrogens with zero attached hydrogens (tertiary/aromatic N) is 2. The first-order valence-corrected chi connectivity index (χ1v) is 21.6. The monoisotopic (exact) mass is 780 g/mol. The molecule has 0 heterocycles. The van der Waals surface area contributed by atoms with Gasteiger partial charge in [0.05, 0.1) is 17.9 Å². The van der Waals surface area contributed by atoms with Gasteiger partial charge in [0.25, 0.3) is 0 Å². The number of aliphatic hydroxyl groups is 1. The summed E-state index contributed by atoms with van der Waals surface area (Å²) in [5, 5.41) is 22.9. The summed E-state index contributed by atoms with van der Waals surface area (Å²) < 4.78 is 6.13. The lowest BCUT2D eigenvalue weighted by molar-refractivity contribution is -0.182. The van der Waals surface area contributed by atoms with Crippen LogP contribution >= 0.6 is 11.6 Å². The Morgan fingerprint density at radius 2 is 1.58 bits per heavy atom. The van der Waals surface area contributed by atoms with Crippen LogP contribution in [0.4, 0.5) is 0 Å². The van der Waals surface area contributed by atoms with E-state index in [0.29, 0.717) is 48.2 Å². The highest BCUT2D eigenvalue weighted by Gasteiger charge is 2.65. The summed E-state index contributed by atoms with van der Waals surface area (Å²) in [5.74, 6) is 1.37. The van der Waals surface area contributed by atoms with Gasteiger partial charge in [-0.1, -0.05) is 63.9 Å². The number of ketones is 1. The Bertz CT molecular complexity index is 1630. The summed E-state index contributed by atoms with van der Waals surface area (Å²) in [6, 6.07) is 8.00. The summed E-state index contributed by atoms with van der Waals surface area (Å²) in [6.07, 6.45) is 7.51. The standard InChI is InChI=1S/C46H69ClN2O6/c1-28(2)40-36(50)24-46(37(51)27-49(23-22-48(8)9)26-29-10-12-30(47)13-11-29)21-20-45(7)34-18-17-33-31(32(34)14-16-35(45)41(40)46)15-19-38(44(33,5)6)55-39(52)25-43(3,4)42(53)54/h10-13,28,31-35,37-38,51H,14-27H2,1-9H3,(H,53,54)/t31?,32-,33-,34?,35-,37-,38+,45+,46+/m1/s1. The van der Waals surface area contributed by atoms with Crippen molar-refractivity contribution >= 4 is 29.3 Å². The number of aliphatic hydroxyl groups excluding tert-OH is 1. The van der Waals surface area contributed by atoms with E-state index in [9.17, 15) is 24.6 Å². The number of hydrogen-bond acceptors (Lipinski definition) is 7. The van der Waals surface area contributed by atoms with E-state index in [1.54, 1.807) is 13.8 Å². The van der Waals surface area contributed by atoms with Crippen LogP contribution in [0.2, 0.25) is 5.02 Å². The molecular formula is C46H69ClN2O6. The molecule has 0 bridgehead atoms. The lowest BCUT2D eigenvalue weighted by atomic mass is 9.41. The number of aliphatic carboxylic acids is 1. The topological polar surface area (TPSA) is 107 Å². The number of rotatable bonds is 13. The second-order valence-corrected chi connectivity index (χ2v) is 20.9. The zero-order valence-electron chi connectivity index (χ0n) is 35.1. The number of ether oxygens (including phenoxy) is 1. The molecule has 5 aliphatic carbocycles. The maximum Gasteiger partial charge on any atom is 0.309 e. The molecule has 0 amide bonds. The molecule has 9 atom stereocenters. The number of Topliss-reactive ketones (excluding diaryl/α,β-unsaturated/α-hetero) is 1. The molecule has 8 nitrogen and oxygen atoms in total. The van der Waals surface area contributed by atoms with E-state index in [0.717, 1.165) is 75.6 Å². The number of fused-ring (bicyclic) bond motifs is 7. The average Bonchev–Trinajstić information content (AvgIpc) is 3.42. The van der Waals surface area contributed by atoms with Crippen molar-refractivity contribution in [2.24, 2.45) is 57.2 Å². The summed E-state index contributed by atoms with van der Waals surface area (Å²) in [4.78, 5) is 43.5. The Labute approximate surface area is 335 Å². The van der Waals surface area contributed by atoms with Crippen LogP contribution < -0.4 is 0 Å². The Balaban J connectivity index is 1.23.